The summed E-state index contributed by atoms with van der Waals surface area (Å²) in [5, 5.41) is 10.0. The molecular weight excluding hydrogens is 546 g/mol. The van der Waals surface area contributed by atoms with Crippen molar-refractivity contribution < 1.29 is 9.32 Å². The molecule has 0 bridgehead atoms. The molecule has 5 heterocycles. The summed E-state index contributed by atoms with van der Waals surface area (Å²) < 4.78 is 5.20. The number of piperidine rings is 1. The second-order valence-corrected chi connectivity index (χ2v) is 11.4. The summed E-state index contributed by atoms with van der Waals surface area (Å²) in [6.45, 7) is 13.4. The molecular formula is C30H37N11O2. The molecule has 0 saturated carbocycles. The molecule has 2 aliphatic heterocycles. The fourth-order valence-corrected chi connectivity index (χ4v) is 5.59. The molecule has 0 aliphatic carbocycles. The van der Waals surface area contributed by atoms with Crippen molar-refractivity contribution in [2.24, 2.45) is 0 Å². The molecule has 4 aromatic rings. The Morgan fingerprint density at radius 3 is 2.53 bits per heavy atom. The lowest BCUT2D eigenvalue weighted by Gasteiger charge is -2.42. The third-order valence-electron chi connectivity index (χ3n) is 8.22. The summed E-state index contributed by atoms with van der Waals surface area (Å²) in [4.78, 5) is 38.5. The number of likely N-dealkylation sites (tertiary alicyclic amines) is 1. The Balaban J connectivity index is 1.20. The van der Waals surface area contributed by atoms with Crippen LogP contribution in [0, 0.1) is 6.92 Å². The number of allylic oxidation sites excluding steroid dienone is 1. The molecule has 3 aromatic heterocycles. The number of aryl methyl sites for hydroxylation is 1. The number of aromatic nitrogens is 5. The van der Waals surface area contributed by atoms with Gasteiger partial charge in [0, 0.05) is 49.5 Å². The number of carbonyl (C=O) groups excluding carboxylic acids is 1. The molecule has 224 valence electrons. The molecule has 0 radical (unpaired) electrons. The van der Waals surface area contributed by atoms with Crippen molar-refractivity contribution in [3.8, 4) is 0 Å². The lowest BCUT2D eigenvalue weighted by Crippen LogP contribution is -2.53. The third kappa shape index (κ3) is 6.13. The van der Waals surface area contributed by atoms with E-state index in [1.54, 1.807) is 25.1 Å². The zero-order valence-corrected chi connectivity index (χ0v) is 24.8. The first-order valence-electron chi connectivity index (χ1n) is 14.5. The topological polar surface area (TPSA) is 154 Å². The van der Waals surface area contributed by atoms with Gasteiger partial charge in [0.25, 0.3) is 5.91 Å². The van der Waals surface area contributed by atoms with Gasteiger partial charge in [-0.05, 0) is 70.1 Å². The van der Waals surface area contributed by atoms with E-state index >= 15 is 0 Å². The van der Waals surface area contributed by atoms with Crippen LogP contribution in [0.1, 0.15) is 41.4 Å². The number of anilines is 5. The largest absolute Gasteiger partial charge is 0.382 e. The molecule has 2 fully saturated rings. The Hall–Kier alpha value is -4.62. The standard InChI is InChI=1S/C30H37N11O2/c1-18(2)23-16-24(38-43-23)35-29(42)20-6-5-19(3)22(15-20)34-28-26-25(32-17-33-28)27(31)37-30(36-26)41-13-11-40(12-14-41)21-7-9-39(4)10-8-21/h5-6,15-17,21H,1,7-14H2,2-4H3,(H2,31,36,37)(H,32,33,34)(H,35,38,42). The number of nitrogens with two attached hydrogens (primary N) is 1. The van der Waals surface area contributed by atoms with Gasteiger partial charge in [0.1, 0.15) is 17.4 Å². The van der Waals surface area contributed by atoms with Gasteiger partial charge < -0.3 is 30.7 Å². The predicted molar refractivity (Wildman–Crippen MR) is 167 cm³/mol. The van der Waals surface area contributed by atoms with Crippen molar-refractivity contribution in [2.75, 3.05) is 67.6 Å². The van der Waals surface area contributed by atoms with E-state index in [4.69, 9.17) is 15.2 Å². The number of fused-ring (bicyclic) bond motifs is 1. The van der Waals surface area contributed by atoms with E-state index in [2.05, 4.69) is 59.1 Å². The average Bonchev–Trinajstić information content (AvgIpc) is 3.48. The fourth-order valence-electron chi connectivity index (χ4n) is 5.59. The van der Waals surface area contributed by atoms with Gasteiger partial charge in [-0.1, -0.05) is 17.8 Å². The van der Waals surface area contributed by atoms with Crippen LogP contribution in [-0.4, -0.2) is 93.2 Å². The van der Waals surface area contributed by atoms with Gasteiger partial charge in [0.15, 0.2) is 23.2 Å². The number of amides is 1. The van der Waals surface area contributed by atoms with Crippen molar-refractivity contribution in [3.05, 3.63) is 54.1 Å². The Morgan fingerprint density at radius 1 is 1.05 bits per heavy atom. The van der Waals surface area contributed by atoms with Crippen LogP contribution in [0.25, 0.3) is 16.6 Å². The first kappa shape index (κ1) is 28.5. The number of carbonyl (C=O) groups is 1. The van der Waals surface area contributed by atoms with Gasteiger partial charge in [0.2, 0.25) is 5.95 Å². The monoisotopic (exact) mass is 583 g/mol. The van der Waals surface area contributed by atoms with E-state index < -0.39 is 0 Å². The molecule has 4 N–H and O–H groups in total. The number of piperazine rings is 1. The summed E-state index contributed by atoms with van der Waals surface area (Å²) in [5.74, 6) is 1.84. The van der Waals surface area contributed by atoms with Gasteiger partial charge in [-0.15, -0.1) is 0 Å². The van der Waals surface area contributed by atoms with Gasteiger partial charge in [0.05, 0.1) is 0 Å². The predicted octanol–water partition coefficient (Wildman–Crippen LogP) is 3.54. The molecule has 13 heteroatoms. The van der Waals surface area contributed by atoms with Crippen LogP contribution in [0.2, 0.25) is 0 Å². The highest BCUT2D eigenvalue weighted by Crippen LogP contribution is 2.29. The number of nitrogens with zero attached hydrogens (tertiary/aromatic N) is 8. The highest BCUT2D eigenvalue weighted by molar-refractivity contribution is 6.05. The maximum atomic E-state index is 13.0. The quantitative estimate of drug-likeness (QED) is 0.291. The summed E-state index contributed by atoms with van der Waals surface area (Å²) in [6.07, 6.45) is 3.85. The minimum Gasteiger partial charge on any atom is -0.382 e. The van der Waals surface area contributed by atoms with Gasteiger partial charge in [-0.25, -0.2) is 15.0 Å². The molecule has 6 rings (SSSR count). The van der Waals surface area contributed by atoms with E-state index in [1.165, 1.54) is 19.2 Å². The first-order chi connectivity index (χ1) is 20.7. The SMILES string of the molecule is C=C(C)c1cc(NC(=O)c2ccc(C)c(Nc3ncnc4c(N)nc(N5CCN(C6CCN(C)CC6)CC5)nc34)c2)no1. The number of hydrogen-bond acceptors (Lipinski definition) is 12. The van der Waals surface area contributed by atoms with Crippen LogP contribution >= 0.6 is 0 Å². The zero-order valence-electron chi connectivity index (χ0n) is 24.8. The molecule has 43 heavy (non-hydrogen) atoms. The molecule has 0 spiro atoms. The van der Waals surface area contributed by atoms with Gasteiger partial charge >= 0.3 is 0 Å². The number of nitrogen functional groups attached to an aromatic ring is 1. The van der Waals surface area contributed by atoms with Gasteiger partial charge in [-0.2, -0.15) is 4.98 Å². The van der Waals surface area contributed by atoms with Gasteiger partial charge in [-0.3, -0.25) is 9.69 Å². The van der Waals surface area contributed by atoms with Crippen LogP contribution in [0.4, 0.5) is 29.1 Å². The van der Waals surface area contributed by atoms with Crippen LogP contribution in [0.15, 0.2) is 41.7 Å². The number of nitrogens with one attached hydrogen (secondary N) is 2. The average molecular weight is 584 g/mol. The second-order valence-electron chi connectivity index (χ2n) is 11.4. The van der Waals surface area contributed by atoms with Crippen molar-refractivity contribution in [2.45, 2.75) is 32.7 Å². The zero-order chi connectivity index (χ0) is 30.1. The maximum Gasteiger partial charge on any atom is 0.256 e. The molecule has 1 aromatic carbocycles. The molecule has 0 atom stereocenters. The number of benzene rings is 1. The second kappa shape index (κ2) is 11.9. The smallest absolute Gasteiger partial charge is 0.256 e. The van der Waals surface area contributed by atoms with Crippen LogP contribution < -0.4 is 21.3 Å². The number of hydrogen-bond donors (Lipinski definition) is 3. The van der Waals surface area contributed by atoms with E-state index in [0.29, 0.717) is 57.5 Å². The number of rotatable bonds is 7. The Morgan fingerprint density at radius 2 is 1.81 bits per heavy atom. The van der Waals surface area contributed by atoms with Crippen LogP contribution in [0.5, 0.6) is 0 Å². The minimum absolute atomic E-state index is 0.301. The molecule has 1 amide bonds. The fraction of sp³-hybridized carbons (Fsp3) is 0.400. The summed E-state index contributed by atoms with van der Waals surface area (Å²) in [7, 11) is 2.19. The minimum atomic E-state index is -0.328. The van der Waals surface area contributed by atoms with Crippen molar-refractivity contribution >= 4 is 51.6 Å². The van der Waals surface area contributed by atoms with Crippen molar-refractivity contribution in [3.63, 3.8) is 0 Å². The van der Waals surface area contributed by atoms with Crippen molar-refractivity contribution in [1.29, 1.82) is 0 Å². The lowest BCUT2D eigenvalue weighted by atomic mass is 10.0. The third-order valence-corrected chi connectivity index (χ3v) is 8.22. The van der Waals surface area contributed by atoms with Crippen LogP contribution in [0.3, 0.4) is 0 Å². The maximum absolute atomic E-state index is 13.0. The first-order valence-corrected chi connectivity index (χ1v) is 14.5. The Bertz CT molecular complexity index is 1650. The highest BCUT2D eigenvalue weighted by atomic mass is 16.5. The van der Waals surface area contributed by atoms with E-state index in [1.807, 2.05) is 13.0 Å². The Labute approximate surface area is 250 Å². The molecule has 2 aliphatic rings. The molecule has 2 saturated heterocycles. The molecule has 13 nitrogen and oxygen atoms in total. The highest BCUT2D eigenvalue weighted by Gasteiger charge is 2.28. The normalized spacial score (nSPS) is 16.9. The Kier molecular flexibility index (Phi) is 7.91. The lowest BCUT2D eigenvalue weighted by molar-refractivity contribution is 0.102. The van der Waals surface area contributed by atoms with E-state index in [9.17, 15) is 4.79 Å². The summed E-state index contributed by atoms with van der Waals surface area (Å²) in [5.41, 5.74) is 10.1. The summed E-state index contributed by atoms with van der Waals surface area (Å²) in [6, 6.07) is 7.64. The van der Waals surface area contributed by atoms with E-state index in [0.717, 1.165) is 50.4 Å². The molecule has 0 unspecified atom stereocenters. The van der Waals surface area contributed by atoms with Crippen molar-refractivity contribution in [1.82, 2.24) is 34.9 Å². The van der Waals surface area contributed by atoms with E-state index in [-0.39, 0.29) is 5.91 Å². The van der Waals surface area contributed by atoms with Crippen LogP contribution in [-0.2, 0) is 0 Å². The summed E-state index contributed by atoms with van der Waals surface area (Å²) >= 11 is 0.